The first-order valence-electron chi connectivity index (χ1n) is 8.72. The lowest BCUT2D eigenvalue weighted by Crippen LogP contribution is -2.34. The Morgan fingerprint density at radius 1 is 0.893 bits per heavy atom. The average molecular weight is 397 g/mol. The van der Waals surface area contributed by atoms with E-state index in [0.29, 0.717) is 23.2 Å². The fourth-order valence-electron chi connectivity index (χ4n) is 2.67. The molecule has 1 fully saturated rings. The Kier molecular flexibility index (Phi) is 6.44. The summed E-state index contributed by atoms with van der Waals surface area (Å²) in [6, 6.07) is 15.6. The van der Waals surface area contributed by atoms with Crippen LogP contribution in [0.3, 0.4) is 0 Å². The van der Waals surface area contributed by atoms with Crippen LogP contribution in [0.4, 0.5) is 4.79 Å². The van der Waals surface area contributed by atoms with Crippen LogP contribution in [-0.2, 0) is 11.3 Å². The van der Waals surface area contributed by atoms with Gasteiger partial charge in [-0.2, -0.15) is 0 Å². The molecule has 2 N–H and O–H groups in total. The predicted molar refractivity (Wildman–Crippen MR) is 106 cm³/mol. The third kappa shape index (κ3) is 4.98. The van der Waals surface area contributed by atoms with Crippen LogP contribution in [0.15, 0.2) is 54.6 Å². The van der Waals surface area contributed by atoms with E-state index in [1.54, 1.807) is 48.5 Å². The second-order valence-corrected chi connectivity index (χ2v) is 7.04. The Morgan fingerprint density at radius 3 is 2.18 bits per heavy atom. The predicted octanol–water partition coefficient (Wildman–Crippen LogP) is 2.04. The molecule has 0 aromatic heterocycles. The molecule has 4 amide bonds. The molecule has 8 heteroatoms. The van der Waals surface area contributed by atoms with Gasteiger partial charge in [-0.25, -0.2) is 0 Å². The Hall–Kier alpha value is -3.13. The van der Waals surface area contributed by atoms with E-state index in [2.05, 4.69) is 10.6 Å². The molecule has 144 valence electrons. The van der Waals surface area contributed by atoms with E-state index in [9.17, 15) is 19.2 Å². The van der Waals surface area contributed by atoms with Crippen LogP contribution in [0.1, 0.15) is 26.3 Å². The van der Waals surface area contributed by atoms with Crippen LogP contribution in [0.5, 0.6) is 0 Å². The number of carbonyl (C=O) groups is 4. The van der Waals surface area contributed by atoms with Gasteiger partial charge in [-0.15, -0.1) is 0 Å². The number of imide groups is 1. The Labute approximate surface area is 166 Å². The lowest BCUT2D eigenvalue weighted by Gasteiger charge is -2.13. The molecule has 0 aliphatic carbocycles. The normalized spacial score (nSPS) is 13.5. The number of hydrogen-bond donors (Lipinski definition) is 2. The first-order valence-corrected chi connectivity index (χ1v) is 9.70. The quantitative estimate of drug-likeness (QED) is 0.697. The van der Waals surface area contributed by atoms with Crippen LogP contribution in [-0.4, -0.2) is 46.7 Å². The average Bonchev–Trinajstić information content (AvgIpc) is 3.03. The molecule has 1 aliphatic rings. The first-order chi connectivity index (χ1) is 13.5. The monoisotopic (exact) mass is 397 g/mol. The SMILES string of the molecule is O=C(NCCNC(=O)c1cccc(CN2C(=O)CSC2=O)c1)c1ccccc1. The van der Waals surface area contributed by atoms with Crippen molar-refractivity contribution in [3.05, 3.63) is 71.3 Å². The molecule has 2 aromatic carbocycles. The molecule has 1 aliphatic heterocycles. The highest BCUT2D eigenvalue weighted by Gasteiger charge is 2.29. The highest BCUT2D eigenvalue weighted by Crippen LogP contribution is 2.21. The van der Waals surface area contributed by atoms with Gasteiger partial charge in [0.15, 0.2) is 0 Å². The second-order valence-electron chi connectivity index (χ2n) is 6.11. The maximum Gasteiger partial charge on any atom is 0.289 e. The number of amides is 4. The van der Waals surface area contributed by atoms with E-state index in [1.165, 1.54) is 4.90 Å². The molecule has 7 nitrogen and oxygen atoms in total. The van der Waals surface area contributed by atoms with Gasteiger partial charge in [-0.05, 0) is 29.8 Å². The molecule has 2 aromatic rings. The van der Waals surface area contributed by atoms with E-state index < -0.39 is 0 Å². The van der Waals surface area contributed by atoms with Crippen LogP contribution in [0.25, 0.3) is 0 Å². The van der Waals surface area contributed by atoms with E-state index in [-0.39, 0.29) is 41.8 Å². The van der Waals surface area contributed by atoms with Gasteiger partial charge >= 0.3 is 0 Å². The van der Waals surface area contributed by atoms with Crippen molar-refractivity contribution in [1.29, 1.82) is 0 Å². The van der Waals surface area contributed by atoms with E-state index >= 15 is 0 Å². The lowest BCUT2D eigenvalue weighted by atomic mass is 10.1. The summed E-state index contributed by atoms with van der Waals surface area (Å²) in [6.07, 6.45) is 0. The summed E-state index contributed by atoms with van der Waals surface area (Å²) < 4.78 is 0. The summed E-state index contributed by atoms with van der Waals surface area (Å²) in [5, 5.41) is 5.21. The van der Waals surface area contributed by atoms with Crippen LogP contribution in [0.2, 0.25) is 0 Å². The Balaban J connectivity index is 1.48. The number of hydrogen-bond acceptors (Lipinski definition) is 5. The molecule has 0 bridgehead atoms. The maximum absolute atomic E-state index is 12.3. The molecule has 0 radical (unpaired) electrons. The summed E-state index contributed by atoms with van der Waals surface area (Å²) in [7, 11) is 0. The molecule has 3 rings (SSSR count). The number of rotatable bonds is 7. The molecule has 0 unspecified atom stereocenters. The van der Waals surface area contributed by atoms with Gasteiger partial charge in [0.05, 0.1) is 12.3 Å². The second kappa shape index (κ2) is 9.18. The van der Waals surface area contributed by atoms with Crippen LogP contribution in [0, 0.1) is 0 Å². The number of carbonyl (C=O) groups excluding carboxylic acids is 4. The standard InChI is InChI=1S/C20H19N3O4S/c24-17-13-28-20(27)23(17)12-14-5-4-8-16(11-14)19(26)22-10-9-21-18(25)15-6-2-1-3-7-15/h1-8,11H,9-10,12-13H2,(H,21,25)(H,22,26). The summed E-state index contributed by atoms with van der Waals surface area (Å²) in [5.74, 6) is -0.550. The minimum atomic E-state index is -0.288. The number of nitrogens with one attached hydrogen (secondary N) is 2. The topological polar surface area (TPSA) is 95.6 Å². The molecule has 0 atom stereocenters. The molecule has 0 spiro atoms. The smallest absolute Gasteiger partial charge is 0.289 e. The summed E-state index contributed by atoms with van der Waals surface area (Å²) in [4.78, 5) is 48.8. The molecule has 0 saturated carbocycles. The molecule has 1 heterocycles. The van der Waals surface area contributed by atoms with Crippen molar-refractivity contribution in [2.75, 3.05) is 18.8 Å². The van der Waals surface area contributed by atoms with Crippen molar-refractivity contribution in [3.8, 4) is 0 Å². The van der Waals surface area contributed by atoms with Crippen molar-refractivity contribution >= 4 is 34.7 Å². The van der Waals surface area contributed by atoms with E-state index in [0.717, 1.165) is 11.8 Å². The first kappa shape index (κ1) is 19.6. The van der Waals surface area contributed by atoms with E-state index in [1.807, 2.05) is 6.07 Å². The highest BCUT2D eigenvalue weighted by molar-refractivity contribution is 8.14. The number of thioether (sulfide) groups is 1. The van der Waals surface area contributed by atoms with Crippen molar-refractivity contribution in [2.45, 2.75) is 6.54 Å². The molecule has 1 saturated heterocycles. The fraction of sp³-hybridized carbons (Fsp3) is 0.200. The maximum atomic E-state index is 12.3. The zero-order chi connectivity index (χ0) is 19.9. The number of benzene rings is 2. The van der Waals surface area contributed by atoms with Gasteiger partial charge < -0.3 is 10.6 Å². The minimum absolute atomic E-state index is 0.152. The van der Waals surface area contributed by atoms with Crippen molar-refractivity contribution in [2.24, 2.45) is 0 Å². The summed E-state index contributed by atoms with van der Waals surface area (Å²) in [6.45, 7) is 0.730. The van der Waals surface area contributed by atoms with Crippen molar-refractivity contribution in [1.82, 2.24) is 15.5 Å². The van der Waals surface area contributed by atoms with E-state index in [4.69, 9.17) is 0 Å². The van der Waals surface area contributed by atoms with Gasteiger partial charge in [-0.1, -0.05) is 42.1 Å². The van der Waals surface area contributed by atoms with Gasteiger partial charge in [0.25, 0.3) is 17.1 Å². The zero-order valence-electron chi connectivity index (χ0n) is 15.0. The molecular formula is C20H19N3O4S. The minimum Gasteiger partial charge on any atom is -0.350 e. The third-order valence-corrected chi connectivity index (χ3v) is 4.96. The Morgan fingerprint density at radius 2 is 1.54 bits per heavy atom. The fourth-order valence-corrected chi connectivity index (χ4v) is 3.40. The summed E-state index contributed by atoms with van der Waals surface area (Å²) in [5.41, 5.74) is 1.69. The van der Waals surface area contributed by atoms with Crippen LogP contribution < -0.4 is 10.6 Å². The van der Waals surface area contributed by atoms with Gasteiger partial charge in [0.2, 0.25) is 5.91 Å². The Bertz CT molecular complexity index is 885. The zero-order valence-corrected chi connectivity index (χ0v) is 15.8. The van der Waals surface area contributed by atoms with Gasteiger partial charge in [0.1, 0.15) is 0 Å². The van der Waals surface area contributed by atoms with Crippen molar-refractivity contribution < 1.29 is 19.2 Å². The third-order valence-electron chi connectivity index (χ3n) is 4.10. The van der Waals surface area contributed by atoms with Crippen molar-refractivity contribution in [3.63, 3.8) is 0 Å². The highest BCUT2D eigenvalue weighted by atomic mass is 32.2. The summed E-state index contributed by atoms with van der Waals surface area (Å²) >= 11 is 0.981. The largest absolute Gasteiger partial charge is 0.350 e. The van der Waals surface area contributed by atoms with Gasteiger partial charge in [-0.3, -0.25) is 24.1 Å². The van der Waals surface area contributed by atoms with Gasteiger partial charge in [0, 0.05) is 24.2 Å². The molecular weight excluding hydrogens is 378 g/mol. The van der Waals surface area contributed by atoms with Crippen LogP contribution >= 0.6 is 11.8 Å². The molecule has 28 heavy (non-hydrogen) atoms. The lowest BCUT2D eigenvalue weighted by molar-refractivity contribution is -0.125. The number of nitrogens with zero attached hydrogens (tertiary/aromatic N) is 1.